The number of hydrogen-bond donors (Lipinski definition) is 5. The number of ketones is 1. The molecule has 0 bridgehead atoms. The Morgan fingerprint density at radius 2 is 1.22 bits per heavy atom. The van der Waals surface area contributed by atoms with Crippen LogP contribution >= 0.6 is 15.6 Å². The third kappa shape index (κ3) is 34.0. The first-order valence-electron chi connectivity index (χ1n) is 22.3. The van der Waals surface area contributed by atoms with E-state index in [1.165, 1.54) is 19.3 Å². The van der Waals surface area contributed by atoms with Crippen LogP contribution in [0.3, 0.4) is 0 Å². The first-order valence-corrected chi connectivity index (χ1v) is 25.4. The largest absolute Gasteiger partial charge is 0.472 e. The third-order valence-corrected chi connectivity index (χ3v) is 10.9. The predicted molar refractivity (Wildman–Crippen MR) is 243 cm³/mol. The van der Waals surface area contributed by atoms with E-state index in [9.17, 15) is 38.6 Å². The lowest BCUT2D eigenvalue weighted by Gasteiger charge is -2.20. The molecule has 0 aliphatic heterocycles. The van der Waals surface area contributed by atoms with Crippen LogP contribution in [0.25, 0.3) is 0 Å². The number of aliphatic hydroxyl groups excluding tert-OH is 2. The summed E-state index contributed by atoms with van der Waals surface area (Å²) in [4.78, 5) is 65.3. The highest BCUT2D eigenvalue weighted by atomic mass is 31.2. The second kappa shape index (κ2) is 36.2. The average Bonchev–Trinajstić information content (AvgIpc) is 3.59. The SMILES string of the molecule is CCCCC/C=C\C/C=C\C/C=C\C/C=C\CCCC(=O)O[C@H](COC(=O)CCC/C=C\C[C@H]1C=CC(=O)[C@@H]1/C=C/[C@@H](O)CCCCC)COP(=O)(O)OC[C@@H](O)COP(=O)(O)O. The van der Waals surface area contributed by atoms with Crippen LogP contribution in [-0.4, -0.2) is 87.4 Å². The van der Waals surface area contributed by atoms with Crippen LogP contribution in [-0.2, 0) is 46.6 Å². The van der Waals surface area contributed by atoms with Gasteiger partial charge in [0.2, 0.25) is 0 Å². The van der Waals surface area contributed by atoms with Crippen LogP contribution in [0.15, 0.2) is 85.1 Å². The summed E-state index contributed by atoms with van der Waals surface area (Å²) in [5, 5.41) is 20.0. The molecule has 0 spiro atoms. The fourth-order valence-corrected chi connectivity index (χ4v) is 7.13. The van der Waals surface area contributed by atoms with Crippen molar-refractivity contribution in [3.63, 3.8) is 0 Å². The van der Waals surface area contributed by atoms with E-state index in [1.807, 2.05) is 30.4 Å². The molecule has 6 atom stereocenters. The van der Waals surface area contributed by atoms with Crippen molar-refractivity contribution in [3.05, 3.63) is 85.1 Å². The van der Waals surface area contributed by atoms with Gasteiger partial charge < -0.3 is 34.4 Å². The number of phosphoric ester groups is 2. The molecule has 1 rings (SSSR count). The van der Waals surface area contributed by atoms with E-state index >= 15 is 0 Å². The standard InChI is InChI=1S/C46H74O15P2/c1-3-5-7-8-9-10-11-12-13-14-15-16-17-18-19-20-26-30-46(51)61-42(38-60-63(55,56)59-36-41(48)35-58-62(52,53)54)37-57-45(50)29-25-22-21-24-27-39-31-34-44(49)43(39)33-32-40(47)28-23-6-4-2/h9-10,12-13,15-16,18-19,21,24,31-34,39-43,47-48H,3-8,11,14,17,20,22-23,25-30,35-38H2,1-2H3,(H,55,56)(H2,52,53,54)/b10-9-,13-12-,16-15-,19-18-,24-21-,33-32+/t39-,40-,41-,42+,43+/m0/s1. The van der Waals surface area contributed by atoms with E-state index in [0.29, 0.717) is 38.5 Å². The van der Waals surface area contributed by atoms with Gasteiger partial charge in [-0.2, -0.15) is 0 Å². The zero-order chi connectivity index (χ0) is 46.6. The van der Waals surface area contributed by atoms with Crippen molar-refractivity contribution in [3.8, 4) is 0 Å². The predicted octanol–water partition coefficient (Wildman–Crippen LogP) is 9.18. The molecule has 5 N–H and O–H groups in total. The van der Waals surface area contributed by atoms with E-state index < -0.39 is 72.3 Å². The van der Waals surface area contributed by atoms with Crippen LogP contribution < -0.4 is 0 Å². The Morgan fingerprint density at radius 1 is 0.683 bits per heavy atom. The Kier molecular flexibility index (Phi) is 33.3. The highest BCUT2D eigenvalue weighted by Crippen LogP contribution is 2.44. The number of ether oxygens (including phenoxy) is 2. The van der Waals surface area contributed by atoms with E-state index in [4.69, 9.17) is 23.8 Å². The fraction of sp³-hybridized carbons (Fsp3) is 0.630. The Bertz CT molecular complexity index is 1580. The topological polar surface area (TPSA) is 233 Å². The molecule has 1 aliphatic carbocycles. The van der Waals surface area contributed by atoms with Gasteiger partial charge in [0.25, 0.3) is 0 Å². The van der Waals surface area contributed by atoms with Crippen LogP contribution in [0.5, 0.6) is 0 Å². The minimum Gasteiger partial charge on any atom is -0.462 e. The molecule has 358 valence electrons. The van der Waals surface area contributed by atoms with Gasteiger partial charge in [0, 0.05) is 18.8 Å². The number of phosphoric acid groups is 2. The zero-order valence-electron chi connectivity index (χ0n) is 37.2. The van der Waals surface area contributed by atoms with Crippen LogP contribution in [0, 0.1) is 11.8 Å². The number of carbonyl (C=O) groups is 3. The number of unbranched alkanes of at least 4 members (excludes halogenated alkanes) is 7. The maximum Gasteiger partial charge on any atom is 0.472 e. The Labute approximate surface area is 374 Å². The molecule has 0 saturated carbocycles. The number of carbonyl (C=O) groups excluding carboxylic acids is 3. The fourth-order valence-electron chi connectivity index (χ4n) is 5.98. The van der Waals surface area contributed by atoms with Crippen molar-refractivity contribution in [2.24, 2.45) is 11.8 Å². The molecule has 0 saturated heterocycles. The minimum atomic E-state index is -4.90. The zero-order valence-corrected chi connectivity index (χ0v) is 39.0. The molecule has 0 aromatic carbocycles. The summed E-state index contributed by atoms with van der Waals surface area (Å²) in [7, 11) is -9.78. The van der Waals surface area contributed by atoms with E-state index in [-0.39, 0.29) is 30.5 Å². The first kappa shape index (κ1) is 57.9. The van der Waals surface area contributed by atoms with Crippen molar-refractivity contribution in [2.45, 2.75) is 148 Å². The molecule has 15 nitrogen and oxygen atoms in total. The minimum absolute atomic E-state index is 0.00394. The van der Waals surface area contributed by atoms with Crippen LogP contribution in [0.4, 0.5) is 0 Å². The van der Waals surface area contributed by atoms with Gasteiger partial charge in [-0.25, -0.2) is 9.13 Å². The van der Waals surface area contributed by atoms with Gasteiger partial charge in [-0.3, -0.25) is 28.0 Å². The van der Waals surface area contributed by atoms with Crippen molar-refractivity contribution in [1.29, 1.82) is 0 Å². The summed E-state index contributed by atoms with van der Waals surface area (Å²) in [6.45, 7) is 1.33. The van der Waals surface area contributed by atoms with E-state index in [2.05, 4.69) is 59.4 Å². The van der Waals surface area contributed by atoms with Gasteiger partial charge in [-0.05, 0) is 82.6 Å². The Hall–Kier alpha value is -3.07. The number of allylic oxidation sites excluding steroid dienone is 13. The maximum atomic E-state index is 12.7. The van der Waals surface area contributed by atoms with Crippen LogP contribution in [0.1, 0.15) is 129 Å². The summed E-state index contributed by atoms with van der Waals surface area (Å²) in [6.07, 6.45) is 37.9. The summed E-state index contributed by atoms with van der Waals surface area (Å²) in [6, 6.07) is 0. The first-order chi connectivity index (χ1) is 30.2. The molecule has 0 aromatic heterocycles. The Morgan fingerprint density at radius 3 is 1.84 bits per heavy atom. The molecule has 0 heterocycles. The molecule has 17 heteroatoms. The number of hydrogen-bond acceptors (Lipinski definition) is 12. The molecule has 0 fully saturated rings. The Balaban J connectivity index is 2.58. The van der Waals surface area contributed by atoms with Crippen molar-refractivity contribution in [1.82, 2.24) is 0 Å². The van der Waals surface area contributed by atoms with Crippen molar-refractivity contribution in [2.75, 3.05) is 26.4 Å². The lowest BCUT2D eigenvalue weighted by Crippen LogP contribution is -2.29. The number of rotatable bonds is 38. The lowest BCUT2D eigenvalue weighted by atomic mass is 9.90. The quantitative estimate of drug-likeness (QED) is 0.0168. The molecule has 0 amide bonds. The number of esters is 2. The highest BCUT2D eigenvalue weighted by molar-refractivity contribution is 7.47. The second-order valence-electron chi connectivity index (χ2n) is 15.3. The molecule has 0 aromatic rings. The monoisotopic (exact) mass is 928 g/mol. The molecule has 1 aliphatic rings. The molecular weight excluding hydrogens is 854 g/mol. The third-order valence-electron chi connectivity index (χ3n) is 9.49. The van der Waals surface area contributed by atoms with Crippen LogP contribution in [0.2, 0.25) is 0 Å². The summed E-state index contributed by atoms with van der Waals surface area (Å²) >= 11 is 0. The summed E-state index contributed by atoms with van der Waals surface area (Å²) in [5.41, 5.74) is 0. The van der Waals surface area contributed by atoms with Crippen molar-refractivity contribution >= 4 is 33.4 Å². The smallest absolute Gasteiger partial charge is 0.462 e. The second-order valence-corrected chi connectivity index (χ2v) is 18.0. The van der Waals surface area contributed by atoms with Gasteiger partial charge in [0.1, 0.15) is 12.7 Å². The van der Waals surface area contributed by atoms with Crippen molar-refractivity contribution < 1.29 is 71.5 Å². The van der Waals surface area contributed by atoms with Gasteiger partial charge in [0.05, 0.1) is 25.9 Å². The van der Waals surface area contributed by atoms with Gasteiger partial charge in [-0.15, -0.1) is 0 Å². The summed E-state index contributed by atoms with van der Waals surface area (Å²) in [5.74, 6) is -1.60. The molecule has 0 radical (unpaired) electrons. The van der Waals surface area contributed by atoms with E-state index in [1.54, 1.807) is 18.2 Å². The van der Waals surface area contributed by atoms with E-state index in [0.717, 1.165) is 44.9 Å². The molecule has 1 unspecified atom stereocenters. The normalized spacial score (nSPS) is 18.5. The van der Waals surface area contributed by atoms with Gasteiger partial charge in [0.15, 0.2) is 11.9 Å². The average molecular weight is 929 g/mol. The maximum absolute atomic E-state index is 12.7. The molecule has 63 heavy (non-hydrogen) atoms. The summed E-state index contributed by atoms with van der Waals surface area (Å²) < 4.78 is 47.7. The van der Waals surface area contributed by atoms with Gasteiger partial charge >= 0.3 is 27.6 Å². The number of aliphatic hydroxyl groups is 2. The lowest BCUT2D eigenvalue weighted by molar-refractivity contribution is -0.161. The molecular formula is C46H74O15P2. The highest BCUT2D eigenvalue weighted by Gasteiger charge is 2.29. The van der Waals surface area contributed by atoms with Gasteiger partial charge in [-0.1, -0.05) is 125 Å².